The largest absolute Gasteiger partial charge is 0.481 e. The van der Waals surface area contributed by atoms with Crippen molar-refractivity contribution in [1.82, 2.24) is 14.9 Å². The zero-order valence-corrected chi connectivity index (χ0v) is 15.5. The number of hydrogen-bond donors (Lipinski definition) is 1. The van der Waals surface area contributed by atoms with E-state index in [2.05, 4.69) is 14.8 Å². The minimum Gasteiger partial charge on any atom is -0.481 e. The molecule has 7 heteroatoms. The van der Waals surface area contributed by atoms with Crippen LogP contribution in [0.15, 0.2) is 24.3 Å². The van der Waals surface area contributed by atoms with Crippen LogP contribution >= 0.6 is 12.4 Å². The number of likely N-dealkylation sites (N-methyl/N-ethyl adjacent to an activating group) is 1. The summed E-state index contributed by atoms with van der Waals surface area (Å²) in [6.07, 6.45) is 2.14. The predicted molar refractivity (Wildman–Crippen MR) is 102 cm³/mol. The summed E-state index contributed by atoms with van der Waals surface area (Å²) in [5.74, 6) is 0.868. The number of nitrogens with zero attached hydrogens (tertiary/aromatic N) is 4. The molecule has 1 saturated heterocycles. The number of carboxylic acids is 1. The summed E-state index contributed by atoms with van der Waals surface area (Å²) in [5, 5.41) is 10.2. The Balaban J connectivity index is 0.00000225. The molecule has 1 aromatic heterocycles. The van der Waals surface area contributed by atoms with Crippen LogP contribution in [0.5, 0.6) is 0 Å². The van der Waals surface area contributed by atoms with Gasteiger partial charge in [0.25, 0.3) is 0 Å². The third-order valence-corrected chi connectivity index (χ3v) is 4.56. The van der Waals surface area contributed by atoms with Gasteiger partial charge in [0.05, 0.1) is 11.4 Å². The van der Waals surface area contributed by atoms with Crippen LogP contribution in [-0.2, 0) is 11.2 Å². The van der Waals surface area contributed by atoms with Crippen molar-refractivity contribution < 1.29 is 9.90 Å². The number of aromatic nitrogens is 2. The molecule has 0 amide bonds. The molecule has 1 aliphatic rings. The second-order valence-electron chi connectivity index (χ2n) is 6.63. The molecule has 2 heterocycles. The third-order valence-electron chi connectivity index (χ3n) is 4.56. The van der Waals surface area contributed by atoms with Gasteiger partial charge in [-0.15, -0.1) is 12.4 Å². The number of aliphatic carboxylic acids is 1. The van der Waals surface area contributed by atoms with Crippen molar-refractivity contribution in [3.63, 3.8) is 0 Å². The number of anilines is 1. The first-order chi connectivity index (χ1) is 11.5. The summed E-state index contributed by atoms with van der Waals surface area (Å²) in [5.41, 5.74) is 0.955. The van der Waals surface area contributed by atoms with Crippen molar-refractivity contribution in [3.8, 4) is 0 Å². The quantitative estimate of drug-likeness (QED) is 0.878. The van der Waals surface area contributed by atoms with Gasteiger partial charge >= 0.3 is 5.97 Å². The van der Waals surface area contributed by atoms with Crippen LogP contribution in [0.3, 0.4) is 0 Å². The van der Waals surface area contributed by atoms with Crippen molar-refractivity contribution in [2.24, 2.45) is 5.92 Å². The van der Waals surface area contributed by atoms with Gasteiger partial charge in [-0.1, -0.05) is 12.1 Å². The van der Waals surface area contributed by atoms with E-state index in [9.17, 15) is 9.90 Å². The first-order valence-corrected chi connectivity index (χ1v) is 8.42. The Morgan fingerprint density at radius 3 is 2.56 bits per heavy atom. The first kappa shape index (κ1) is 19.4. The maximum Gasteiger partial charge on any atom is 0.306 e. The number of carboxylic acid groups (broad SMARTS) is 1. The van der Waals surface area contributed by atoms with Gasteiger partial charge in [0, 0.05) is 31.4 Å². The third kappa shape index (κ3) is 4.58. The number of para-hydroxylation sites is 1. The molecular weight excluding hydrogens is 340 g/mol. The standard InChI is InChI=1S/C18H24N4O2.ClH/c1-21(2)10-9-16-19-15-6-4-3-5-14(15)17(20-16)22-11-7-13(8-12-22)18(23)24;/h3-6,13H,7-12H2,1-2H3,(H,23,24);1H. The fourth-order valence-corrected chi connectivity index (χ4v) is 3.12. The molecule has 3 rings (SSSR count). The van der Waals surface area contributed by atoms with Gasteiger partial charge in [-0.3, -0.25) is 4.79 Å². The molecule has 0 spiro atoms. The molecule has 136 valence electrons. The number of hydrogen-bond acceptors (Lipinski definition) is 5. The topological polar surface area (TPSA) is 69.6 Å². The highest BCUT2D eigenvalue weighted by molar-refractivity contribution is 5.89. The highest BCUT2D eigenvalue weighted by Crippen LogP contribution is 2.28. The van der Waals surface area contributed by atoms with Gasteiger partial charge in [0.1, 0.15) is 11.6 Å². The van der Waals surface area contributed by atoms with Crippen LogP contribution in [0, 0.1) is 5.92 Å². The minimum absolute atomic E-state index is 0. The van der Waals surface area contributed by atoms with E-state index in [0.29, 0.717) is 12.8 Å². The van der Waals surface area contributed by atoms with E-state index in [0.717, 1.165) is 48.6 Å². The van der Waals surface area contributed by atoms with E-state index in [4.69, 9.17) is 4.98 Å². The van der Waals surface area contributed by atoms with E-state index in [1.54, 1.807) is 0 Å². The number of halogens is 1. The van der Waals surface area contributed by atoms with Crippen LogP contribution in [-0.4, -0.2) is 59.7 Å². The molecule has 6 nitrogen and oxygen atoms in total. The Bertz CT molecular complexity index is 730. The molecule has 0 saturated carbocycles. The lowest BCUT2D eigenvalue weighted by Gasteiger charge is -2.32. The maximum absolute atomic E-state index is 11.2. The van der Waals surface area contributed by atoms with Gasteiger partial charge in [0.2, 0.25) is 0 Å². The van der Waals surface area contributed by atoms with E-state index < -0.39 is 5.97 Å². The van der Waals surface area contributed by atoms with Crippen LogP contribution < -0.4 is 4.90 Å². The Kier molecular flexibility index (Phi) is 6.56. The fraction of sp³-hybridized carbons (Fsp3) is 0.500. The Hall–Kier alpha value is -1.92. The lowest BCUT2D eigenvalue weighted by Crippen LogP contribution is -2.37. The van der Waals surface area contributed by atoms with Crippen LogP contribution in [0.25, 0.3) is 10.9 Å². The van der Waals surface area contributed by atoms with Crippen molar-refractivity contribution in [2.45, 2.75) is 19.3 Å². The van der Waals surface area contributed by atoms with Crippen molar-refractivity contribution in [3.05, 3.63) is 30.1 Å². The zero-order chi connectivity index (χ0) is 17.1. The number of carbonyl (C=O) groups is 1. The Morgan fingerprint density at radius 1 is 1.24 bits per heavy atom. The zero-order valence-electron chi connectivity index (χ0n) is 14.7. The summed E-state index contributed by atoms with van der Waals surface area (Å²) in [6.45, 7) is 2.36. The number of benzene rings is 1. The van der Waals surface area contributed by atoms with Crippen molar-refractivity contribution in [1.29, 1.82) is 0 Å². The molecule has 2 aromatic rings. The molecule has 0 bridgehead atoms. The van der Waals surface area contributed by atoms with Gasteiger partial charge in [-0.05, 0) is 39.1 Å². The number of fused-ring (bicyclic) bond motifs is 1. The highest BCUT2D eigenvalue weighted by Gasteiger charge is 2.26. The van der Waals surface area contributed by atoms with Gasteiger partial charge in [0.15, 0.2) is 0 Å². The van der Waals surface area contributed by atoms with Gasteiger partial charge in [-0.25, -0.2) is 9.97 Å². The lowest BCUT2D eigenvalue weighted by atomic mass is 9.97. The number of piperidine rings is 1. The summed E-state index contributed by atoms with van der Waals surface area (Å²) in [4.78, 5) is 25.0. The average molecular weight is 365 g/mol. The van der Waals surface area contributed by atoms with E-state index >= 15 is 0 Å². The molecule has 1 fully saturated rings. The molecular formula is C18H25ClN4O2. The summed E-state index contributed by atoms with van der Waals surface area (Å²) in [7, 11) is 4.08. The van der Waals surface area contributed by atoms with Crippen LogP contribution in [0.2, 0.25) is 0 Å². The molecule has 1 aliphatic heterocycles. The molecule has 0 radical (unpaired) electrons. The Morgan fingerprint density at radius 2 is 1.92 bits per heavy atom. The second kappa shape index (κ2) is 8.45. The van der Waals surface area contributed by atoms with Crippen molar-refractivity contribution in [2.75, 3.05) is 38.6 Å². The molecule has 0 atom stereocenters. The van der Waals surface area contributed by atoms with Crippen molar-refractivity contribution >= 4 is 35.1 Å². The van der Waals surface area contributed by atoms with E-state index in [1.165, 1.54) is 0 Å². The molecule has 0 aliphatic carbocycles. The monoisotopic (exact) mass is 364 g/mol. The number of rotatable bonds is 5. The average Bonchev–Trinajstić information content (AvgIpc) is 2.59. The fourth-order valence-electron chi connectivity index (χ4n) is 3.12. The highest BCUT2D eigenvalue weighted by atomic mass is 35.5. The second-order valence-corrected chi connectivity index (χ2v) is 6.63. The molecule has 1 aromatic carbocycles. The first-order valence-electron chi connectivity index (χ1n) is 8.42. The maximum atomic E-state index is 11.2. The molecule has 1 N–H and O–H groups in total. The van der Waals surface area contributed by atoms with Gasteiger partial charge in [-0.2, -0.15) is 0 Å². The Labute approximate surface area is 154 Å². The predicted octanol–water partition coefficient (Wildman–Crippen LogP) is 2.46. The van der Waals surface area contributed by atoms with Gasteiger partial charge < -0.3 is 14.9 Å². The summed E-state index contributed by atoms with van der Waals surface area (Å²) in [6, 6.07) is 8.05. The molecule has 25 heavy (non-hydrogen) atoms. The minimum atomic E-state index is -0.686. The molecule has 0 unspecified atom stereocenters. The summed E-state index contributed by atoms with van der Waals surface area (Å²) >= 11 is 0. The van der Waals surface area contributed by atoms with Crippen LogP contribution in [0.1, 0.15) is 18.7 Å². The lowest BCUT2D eigenvalue weighted by molar-refractivity contribution is -0.142. The van der Waals surface area contributed by atoms with E-state index in [-0.39, 0.29) is 18.3 Å². The van der Waals surface area contributed by atoms with E-state index in [1.807, 2.05) is 38.4 Å². The SMILES string of the molecule is CN(C)CCc1nc(N2CCC(C(=O)O)CC2)c2ccccc2n1.Cl. The normalized spacial score (nSPS) is 15.4. The smallest absolute Gasteiger partial charge is 0.306 e. The van der Waals surface area contributed by atoms with Crippen LogP contribution in [0.4, 0.5) is 5.82 Å². The summed E-state index contributed by atoms with van der Waals surface area (Å²) < 4.78 is 0.